The van der Waals surface area contributed by atoms with Gasteiger partial charge in [0.05, 0.1) is 0 Å². The average Bonchev–Trinajstić information content (AvgIpc) is 3.08. The van der Waals surface area contributed by atoms with Crippen LogP contribution in [0.5, 0.6) is 0 Å². The molecule has 25 heavy (non-hydrogen) atoms. The maximum Gasteiger partial charge on any atom is 0.273 e. The summed E-state index contributed by atoms with van der Waals surface area (Å²) in [4.78, 5) is 34.8. The van der Waals surface area contributed by atoms with E-state index in [1.165, 1.54) is 6.26 Å². The highest BCUT2D eigenvalue weighted by atomic mass is 16.3. The first-order valence-corrected chi connectivity index (χ1v) is 8.27. The van der Waals surface area contributed by atoms with Crippen LogP contribution in [0.2, 0.25) is 0 Å². The number of aromatic nitrogens is 2. The highest BCUT2D eigenvalue weighted by Gasteiger charge is 2.27. The molecule has 1 atom stereocenters. The third-order valence-electron chi connectivity index (χ3n) is 3.95. The molecule has 2 rings (SSSR count). The lowest BCUT2D eigenvalue weighted by Crippen LogP contribution is -2.50. The summed E-state index contributed by atoms with van der Waals surface area (Å²) in [7, 11) is 1.71. The molecule has 7 nitrogen and oxygen atoms in total. The first kappa shape index (κ1) is 18.6. The van der Waals surface area contributed by atoms with Gasteiger partial charge in [0.1, 0.15) is 12.3 Å². The van der Waals surface area contributed by atoms with Crippen molar-refractivity contribution < 1.29 is 14.0 Å². The molecular formula is C18H24N4O3. The molecule has 0 unspecified atom stereocenters. The number of carbonyl (C=O) groups excluding carboxylic acids is 2. The van der Waals surface area contributed by atoms with Gasteiger partial charge in [0.2, 0.25) is 11.8 Å². The molecule has 0 saturated carbocycles. The van der Waals surface area contributed by atoms with Gasteiger partial charge in [-0.25, -0.2) is 4.98 Å². The van der Waals surface area contributed by atoms with E-state index in [1.54, 1.807) is 24.2 Å². The van der Waals surface area contributed by atoms with Crippen molar-refractivity contribution in [3.8, 4) is 11.5 Å². The van der Waals surface area contributed by atoms with Gasteiger partial charge < -0.3 is 14.6 Å². The van der Waals surface area contributed by atoms with E-state index < -0.39 is 11.9 Å². The van der Waals surface area contributed by atoms with E-state index in [2.05, 4.69) is 15.3 Å². The van der Waals surface area contributed by atoms with Crippen molar-refractivity contribution in [2.45, 2.75) is 33.7 Å². The molecule has 134 valence electrons. The molecule has 2 heterocycles. The summed E-state index contributed by atoms with van der Waals surface area (Å²) < 4.78 is 5.40. The number of rotatable bonds is 6. The lowest BCUT2D eigenvalue weighted by Gasteiger charge is -2.25. The normalized spacial score (nSPS) is 12.1. The second-order valence-corrected chi connectivity index (χ2v) is 6.27. The highest BCUT2D eigenvalue weighted by Crippen LogP contribution is 2.19. The summed E-state index contributed by atoms with van der Waals surface area (Å²) in [5, 5.41) is 2.76. The Morgan fingerprint density at radius 3 is 2.68 bits per heavy atom. The van der Waals surface area contributed by atoms with Crippen LogP contribution < -0.4 is 5.32 Å². The zero-order valence-electron chi connectivity index (χ0n) is 15.2. The number of oxazole rings is 1. The lowest BCUT2D eigenvalue weighted by atomic mass is 10.0. The molecule has 2 amide bonds. The Morgan fingerprint density at radius 2 is 2.08 bits per heavy atom. The van der Waals surface area contributed by atoms with Crippen molar-refractivity contribution >= 4 is 11.8 Å². The Morgan fingerprint density at radius 1 is 1.36 bits per heavy atom. The molecule has 0 aliphatic carbocycles. The van der Waals surface area contributed by atoms with E-state index in [0.717, 1.165) is 11.3 Å². The molecule has 0 fully saturated rings. The number of hydrogen-bond acceptors (Lipinski definition) is 5. The number of amides is 2. The zero-order valence-corrected chi connectivity index (χ0v) is 15.2. The van der Waals surface area contributed by atoms with Crippen LogP contribution >= 0.6 is 0 Å². The van der Waals surface area contributed by atoms with Gasteiger partial charge in [-0.1, -0.05) is 13.8 Å². The van der Waals surface area contributed by atoms with Crippen LogP contribution in [0.4, 0.5) is 0 Å². The van der Waals surface area contributed by atoms with Gasteiger partial charge in [-0.15, -0.1) is 0 Å². The highest BCUT2D eigenvalue weighted by molar-refractivity contribution is 5.96. The van der Waals surface area contributed by atoms with Crippen molar-refractivity contribution in [1.29, 1.82) is 0 Å². The predicted octanol–water partition coefficient (Wildman–Crippen LogP) is 2.28. The summed E-state index contributed by atoms with van der Waals surface area (Å²) in [6.07, 6.45) is 2.95. The first-order chi connectivity index (χ1) is 11.8. The zero-order chi connectivity index (χ0) is 18.6. The van der Waals surface area contributed by atoms with E-state index in [9.17, 15) is 9.59 Å². The Balaban J connectivity index is 2.16. The molecule has 0 radical (unpaired) electrons. The van der Waals surface area contributed by atoms with Crippen molar-refractivity contribution in [2.75, 3.05) is 13.6 Å². The number of nitrogens with one attached hydrogen (secondary N) is 1. The molecule has 2 aromatic rings. The lowest BCUT2D eigenvalue weighted by molar-refractivity contribution is -0.132. The summed E-state index contributed by atoms with van der Waals surface area (Å²) >= 11 is 0. The van der Waals surface area contributed by atoms with Crippen molar-refractivity contribution in [3.63, 3.8) is 0 Å². The van der Waals surface area contributed by atoms with Gasteiger partial charge in [-0.3, -0.25) is 14.6 Å². The van der Waals surface area contributed by atoms with Crippen LogP contribution in [0.15, 0.2) is 29.0 Å². The SMILES string of the molecule is CCN(C)C(=O)[C@@H](NC(=O)c1coc(-c2ccnc(C)c2)n1)C(C)C. The third-order valence-corrected chi connectivity index (χ3v) is 3.95. The van der Waals surface area contributed by atoms with Crippen LogP contribution in [0, 0.1) is 12.8 Å². The number of aryl methyl sites for hydroxylation is 1. The van der Waals surface area contributed by atoms with Crippen LogP contribution in [0.1, 0.15) is 37.0 Å². The molecule has 0 saturated heterocycles. The largest absolute Gasteiger partial charge is 0.444 e. The summed E-state index contributed by atoms with van der Waals surface area (Å²) in [6.45, 7) is 8.11. The minimum absolute atomic E-state index is 0.0420. The standard InChI is InChI=1S/C18H24N4O3/c1-6-22(5)18(24)15(11(2)3)21-16(23)14-10-25-17(20-14)13-7-8-19-12(4)9-13/h7-11,15H,6H2,1-5H3,(H,21,23)/t15-/m0/s1. The predicted molar refractivity (Wildman–Crippen MR) is 93.9 cm³/mol. The fourth-order valence-electron chi connectivity index (χ4n) is 2.31. The smallest absolute Gasteiger partial charge is 0.273 e. The second kappa shape index (κ2) is 7.92. The van der Waals surface area contributed by atoms with E-state index >= 15 is 0 Å². The number of hydrogen-bond donors (Lipinski definition) is 1. The quantitative estimate of drug-likeness (QED) is 0.868. The number of likely N-dealkylation sites (N-methyl/N-ethyl adjacent to an activating group) is 1. The Hall–Kier alpha value is -2.70. The molecule has 0 spiro atoms. The van der Waals surface area contributed by atoms with Crippen LogP contribution in [-0.4, -0.2) is 46.3 Å². The fraction of sp³-hybridized carbons (Fsp3) is 0.444. The minimum Gasteiger partial charge on any atom is -0.444 e. The maximum absolute atomic E-state index is 12.5. The Kier molecular flexibility index (Phi) is 5.90. The van der Waals surface area contributed by atoms with E-state index in [4.69, 9.17) is 4.42 Å². The third kappa shape index (κ3) is 4.43. The maximum atomic E-state index is 12.5. The molecule has 0 aliphatic heterocycles. The molecule has 0 aromatic carbocycles. The molecule has 0 bridgehead atoms. The summed E-state index contributed by atoms with van der Waals surface area (Å²) in [6, 6.07) is 2.97. The Bertz CT molecular complexity index is 754. The summed E-state index contributed by atoms with van der Waals surface area (Å²) in [5.41, 5.74) is 1.71. The number of pyridine rings is 1. The number of nitrogens with zero attached hydrogens (tertiary/aromatic N) is 3. The van der Waals surface area contributed by atoms with Crippen LogP contribution in [0.25, 0.3) is 11.5 Å². The van der Waals surface area contributed by atoms with Gasteiger partial charge >= 0.3 is 0 Å². The van der Waals surface area contributed by atoms with Crippen molar-refractivity contribution in [2.24, 2.45) is 5.92 Å². The molecule has 7 heteroatoms. The van der Waals surface area contributed by atoms with Crippen LogP contribution in [0.3, 0.4) is 0 Å². The topological polar surface area (TPSA) is 88.3 Å². The second-order valence-electron chi connectivity index (χ2n) is 6.27. The van der Waals surface area contributed by atoms with Gasteiger partial charge in [-0.2, -0.15) is 0 Å². The Labute approximate surface area is 147 Å². The monoisotopic (exact) mass is 344 g/mol. The van der Waals surface area contributed by atoms with Gasteiger partial charge in [0.25, 0.3) is 5.91 Å². The number of carbonyl (C=O) groups is 2. The van der Waals surface area contributed by atoms with Gasteiger partial charge in [0.15, 0.2) is 5.69 Å². The first-order valence-electron chi connectivity index (χ1n) is 8.27. The van der Waals surface area contributed by atoms with Gasteiger partial charge in [-0.05, 0) is 31.9 Å². The molecule has 2 aromatic heterocycles. The molecule has 0 aliphatic rings. The fourth-order valence-corrected chi connectivity index (χ4v) is 2.31. The molecular weight excluding hydrogens is 320 g/mol. The summed E-state index contributed by atoms with van der Waals surface area (Å²) in [5.74, 6) is -0.259. The van der Waals surface area contributed by atoms with Crippen molar-refractivity contribution in [3.05, 3.63) is 36.0 Å². The van der Waals surface area contributed by atoms with Crippen molar-refractivity contribution in [1.82, 2.24) is 20.2 Å². The van der Waals surface area contributed by atoms with E-state index in [1.807, 2.05) is 33.8 Å². The van der Waals surface area contributed by atoms with E-state index in [0.29, 0.717) is 12.4 Å². The van der Waals surface area contributed by atoms with Crippen LogP contribution in [-0.2, 0) is 4.79 Å². The van der Waals surface area contributed by atoms with Gasteiger partial charge in [0, 0.05) is 31.0 Å². The molecule has 1 N–H and O–H groups in total. The average molecular weight is 344 g/mol. The van der Waals surface area contributed by atoms with E-state index in [-0.39, 0.29) is 17.5 Å². The minimum atomic E-state index is -0.610.